The van der Waals surface area contributed by atoms with Gasteiger partial charge in [-0.2, -0.15) is 0 Å². The lowest BCUT2D eigenvalue weighted by atomic mass is 10.1. The van der Waals surface area contributed by atoms with E-state index in [4.69, 9.17) is 10.5 Å². The molecule has 0 radical (unpaired) electrons. The van der Waals surface area contributed by atoms with E-state index in [0.29, 0.717) is 11.4 Å². The van der Waals surface area contributed by atoms with Gasteiger partial charge in [0.25, 0.3) is 5.91 Å². The maximum Gasteiger partial charge on any atom is 0.255 e. The monoisotopic (exact) mass is 263 g/mol. The molecule has 0 bridgehead atoms. The third kappa shape index (κ3) is 2.82. The van der Waals surface area contributed by atoms with Gasteiger partial charge in [-0.25, -0.2) is 0 Å². The minimum absolute atomic E-state index is 0.151. The Balaban J connectivity index is 2.26. The molecule has 1 aromatic carbocycles. The van der Waals surface area contributed by atoms with Crippen LogP contribution in [0.3, 0.4) is 0 Å². The van der Waals surface area contributed by atoms with E-state index in [1.54, 1.807) is 6.07 Å². The molecule has 3 amide bonds. The zero-order valence-electron chi connectivity index (χ0n) is 10.3. The van der Waals surface area contributed by atoms with Crippen molar-refractivity contribution in [1.29, 1.82) is 0 Å². The van der Waals surface area contributed by atoms with Crippen LogP contribution in [-0.2, 0) is 9.59 Å². The van der Waals surface area contributed by atoms with Gasteiger partial charge in [-0.15, -0.1) is 0 Å². The molecule has 0 unspecified atom stereocenters. The smallest absolute Gasteiger partial charge is 0.255 e. The van der Waals surface area contributed by atoms with Crippen LogP contribution in [0.4, 0.5) is 5.69 Å². The summed E-state index contributed by atoms with van der Waals surface area (Å²) in [6.07, 6.45) is 0. The predicted octanol–water partition coefficient (Wildman–Crippen LogP) is -0.624. The third-order valence-electron chi connectivity index (χ3n) is 2.65. The van der Waals surface area contributed by atoms with Gasteiger partial charge in [0.2, 0.25) is 11.8 Å². The fraction of sp³-hybridized carbons (Fsp3) is 0.250. The standard InChI is InChI=1S/C12H13N3O4/c1-19-9-3-7(2-8(13)4-9)12(18)15-5-10(16)14-11(17)6-15/h2-4H,5-6,13H2,1H3,(H,14,16,17). The summed E-state index contributed by atoms with van der Waals surface area (Å²) in [5.41, 5.74) is 6.31. The molecule has 3 N–H and O–H groups in total. The predicted molar refractivity (Wildman–Crippen MR) is 66.5 cm³/mol. The Morgan fingerprint density at radius 1 is 1.26 bits per heavy atom. The quantitative estimate of drug-likeness (QED) is 0.546. The average Bonchev–Trinajstić information content (AvgIpc) is 2.35. The molecule has 0 atom stereocenters. The van der Waals surface area contributed by atoms with Crippen LogP contribution in [-0.4, -0.2) is 42.8 Å². The van der Waals surface area contributed by atoms with Crippen molar-refractivity contribution in [2.45, 2.75) is 0 Å². The Bertz CT molecular complexity index is 540. The van der Waals surface area contributed by atoms with Crippen molar-refractivity contribution < 1.29 is 19.1 Å². The maximum absolute atomic E-state index is 12.2. The summed E-state index contributed by atoms with van der Waals surface area (Å²) in [6.45, 7) is -0.302. The van der Waals surface area contributed by atoms with E-state index in [9.17, 15) is 14.4 Å². The summed E-state index contributed by atoms with van der Waals surface area (Å²) in [5, 5.41) is 2.13. The number of rotatable bonds is 2. The number of amides is 3. The lowest BCUT2D eigenvalue weighted by molar-refractivity contribution is -0.135. The van der Waals surface area contributed by atoms with E-state index >= 15 is 0 Å². The van der Waals surface area contributed by atoms with E-state index < -0.39 is 17.7 Å². The highest BCUT2D eigenvalue weighted by molar-refractivity contribution is 6.06. The molecule has 1 fully saturated rings. The van der Waals surface area contributed by atoms with E-state index in [1.165, 1.54) is 19.2 Å². The lowest BCUT2D eigenvalue weighted by Gasteiger charge is -2.25. The number of nitrogens with two attached hydrogens (primary N) is 1. The number of methoxy groups -OCH3 is 1. The molecule has 0 aliphatic carbocycles. The van der Waals surface area contributed by atoms with Crippen molar-refractivity contribution in [3.63, 3.8) is 0 Å². The summed E-state index contributed by atoms with van der Waals surface area (Å²) in [7, 11) is 1.46. The number of hydrogen-bond donors (Lipinski definition) is 2. The van der Waals surface area contributed by atoms with Crippen LogP contribution in [0.25, 0.3) is 0 Å². The van der Waals surface area contributed by atoms with E-state index in [-0.39, 0.29) is 18.7 Å². The maximum atomic E-state index is 12.2. The van der Waals surface area contributed by atoms with Gasteiger partial charge >= 0.3 is 0 Å². The molecule has 2 rings (SSSR count). The number of piperazine rings is 1. The number of hydrogen-bond acceptors (Lipinski definition) is 5. The van der Waals surface area contributed by atoms with E-state index in [2.05, 4.69) is 5.32 Å². The number of carbonyl (C=O) groups excluding carboxylic acids is 3. The SMILES string of the molecule is COc1cc(N)cc(C(=O)N2CC(=O)NC(=O)C2)c1. The Morgan fingerprint density at radius 3 is 2.47 bits per heavy atom. The third-order valence-corrected chi connectivity index (χ3v) is 2.65. The molecule has 0 saturated carbocycles. The summed E-state index contributed by atoms with van der Waals surface area (Å²) < 4.78 is 5.02. The first-order valence-electron chi connectivity index (χ1n) is 5.56. The van der Waals surface area contributed by atoms with Gasteiger partial charge in [0.05, 0.1) is 7.11 Å². The Kier molecular flexibility index (Phi) is 3.37. The number of imide groups is 1. The summed E-state index contributed by atoms with van der Waals surface area (Å²) in [5.74, 6) is -0.995. The minimum Gasteiger partial charge on any atom is -0.497 e. The number of nitrogens with zero attached hydrogens (tertiary/aromatic N) is 1. The fourth-order valence-electron chi connectivity index (χ4n) is 1.83. The number of ether oxygens (including phenoxy) is 1. The van der Waals surface area contributed by atoms with Crippen molar-refractivity contribution in [3.05, 3.63) is 23.8 Å². The van der Waals surface area contributed by atoms with Gasteiger partial charge in [0.15, 0.2) is 0 Å². The molecule has 0 aromatic heterocycles. The largest absolute Gasteiger partial charge is 0.497 e. The van der Waals surface area contributed by atoms with Crippen molar-refractivity contribution in [3.8, 4) is 5.75 Å². The zero-order chi connectivity index (χ0) is 14.0. The number of benzene rings is 1. The lowest BCUT2D eigenvalue weighted by Crippen LogP contribution is -2.53. The van der Waals surface area contributed by atoms with E-state index in [0.717, 1.165) is 4.90 Å². The van der Waals surface area contributed by atoms with Gasteiger partial charge in [-0.1, -0.05) is 0 Å². The van der Waals surface area contributed by atoms with Crippen LogP contribution in [0.5, 0.6) is 5.75 Å². The first-order chi connectivity index (χ1) is 8.99. The van der Waals surface area contributed by atoms with Crippen molar-refractivity contribution in [2.24, 2.45) is 0 Å². The molecular weight excluding hydrogens is 250 g/mol. The first kappa shape index (κ1) is 12.9. The van der Waals surface area contributed by atoms with Gasteiger partial charge in [0.1, 0.15) is 18.8 Å². The van der Waals surface area contributed by atoms with Crippen molar-refractivity contribution >= 4 is 23.4 Å². The molecule has 0 spiro atoms. The van der Waals surface area contributed by atoms with Crippen molar-refractivity contribution in [2.75, 3.05) is 25.9 Å². The van der Waals surface area contributed by atoms with Gasteiger partial charge in [-0.3, -0.25) is 19.7 Å². The number of carbonyl (C=O) groups is 3. The van der Waals surface area contributed by atoms with Crippen LogP contribution in [0.1, 0.15) is 10.4 Å². The topological polar surface area (TPSA) is 102 Å². The highest BCUT2D eigenvalue weighted by Gasteiger charge is 2.27. The van der Waals surface area contributed by atoms with Crippen LogP contribution in [0, 0.1) is 0 Å². The molecule has 1 heterocycles. The molecule has 7 heteroatoms. The molecule has 1 aliphatic rings. The Hall–Kier alpha value is -2.57. The summed E-state index contributed by atoms with van der Waals surface area (Å²) in [6, 6.07) is 4.56. The second kappa shape index (κ2) is 4.97. The fourth-order valence-corrected chi connectivity index (χ4v) is 1.83. The Labute approximate surface area is 109 Å². The molecule has 1 aliphatic heterocycles. The van der Waals surface area contributed by atoms with Crippen LogP contribution >= 0.6 is 0 Å². The number of nitrogen functional groups attached to an aromatic ring is 1. The highest BCUT2D eigenvalue weighted by atomic mass is 16.5. The average molecular weight is 263 g/mol. The van der Waals surface area contributed by atoms with Gasteiger partial charge in [-0.05, 0) is 12.1 Å². The normalized spacial score (nSPS) is 15.1. The minimum atomic E-state index is -0.500. The molecule has 100 valence electrons. The molecule has 1 aromatic rings. The first-order valence-corrected chi connectivity index (χ1v) is 5.56. The highest BCUT2D eigenvalue weighted by Crippen LogP contribution is 2.20. The summed E-state index contributed by atoms with van der Waals surface area (Å²) in [4.78, 5) is 35.8. The molecule has 19 heavy (non-hydrogen) atoms. The van der Waals surface area contributed by atoms with Crippen LogP contribution in [0.15, 0.2) is 18.2 Å². The van der Waals surface area contributed by atoms with Crippen molar-refractivity contribution in [1.82, 2.24) is 10.2 Å². The zero-order valence-corrected chi connectivity index (χ0v) is 10.3. The molecule has 7 nitrogen and oxygen atoms in total. The van der Waals surface area contributed by atoms with Crippen LogP contribution in [0.2, 0.25) is 0 Å². The summed E-state index contributed by atoms with van der Waals surface area (Å²) >= 11 is 0. The molecular formula is C12H13N3O4. The number of nitrogens with one attached hydrogen (secondary N) is 1. The second-order valence-electron chi connectivity index (χ2n) is 4.13. The Morgan fingerprint density at radius 2 is 1.89 bits per heavy atom. The molecule has 1 saturated heterocycles. The second-order valence-corrected chi connectivity index (χ2v) is 4.13. The number of anilines is 1. The van der Waals surface area contributed by atoms with Gasteiger partial charge in [0, 0.05) is 17.3 Å². The van der Waals surface area contributed by atoms with E-state index in [1.807, 2.05) is 0 Å². The van der Waals surface area contributed by atoms with Gasteiger partial charge < -0.3 is 15.4 Å². The van der Waals surface area contributed by atoms with Crippen LogP contribution < -0.4 is 15.8 Å².